The Hall–Kier alpha value is -2.78. The molecule has 0 aliphatic carbocycles. The summed E-state index contributed by atoms with van der Waals surface area (Å²) in [6.07, 6.45) is 0.273. The maximum absolute atomic E-state index is 13.1. The maximum atomic E-state index is 13.1. The van der Waals surface area contributed by atoms with Crippen LogP contribution in [0.1, 0.15) is 12.0 Å². The molecule has 9 heteroatoms. The molecule has 2 aromatic carbocycles. The summed E-state index contributed by atoms with van der Waals surface area (Å²) in [5.41, 5.74) is 0.926. The number of rotatable bonds is 6. The lowest BCUT2D eigenvalue weighted by atomic mass is 10.1. The van der Waals surface area contributed by atoms with Crippen molar-refractivity contribution < 1.29 is 27.1 Å². The molecular weight excluding hydrogens is 375 g/mol. The smallest absolute Gasteiger partial charge is 0.324 e. The summed E-state index contributed by atoms with van der Waals surface area (Å²) in [5, 5.41) is 2.62. The zero-order valence-corrected chi connectivity index (χ0v) is 15.0. The van der Waals surface area contributed by atoms with Gasteiger partial charge < -0.3 is 10.1 Å². The molecular formula is C18H17FN2O5S. The highest BCUT2D eigenvalue weighted by Crippen LogP contribution is 2.17. The second kappa shape index (κ2) is 7.85. The van der Waals surface area contributed by atoms with E-state index in [0.717, 1.165) is 0 Å². The van der Waals surface area contributed by atoms with Crippen molar-refractivity contribution in [3.63, 3.8) is 0 Å². The van der Waals surface area contributed by atoms with Gasteiger partial charge in [0.2, 0.25) is 15.9 Å². The molecule has 3 rings (SSSR count). The molecule has 2 aromatic rings. The SMILES string of the molecule is O=C(Cc1cccc(F)c1)Nc1ccc(S(=O)(=O)NC2CCOC2=O)cc1. The molecule has 1 aliphatic rings. The molecule has 1 heterocycles. The van der Waals surface area contributed by atoms with Crippen molar-refractivity contribution in [2.75, 3.05) is 11.9 Å². The standard InChI is InChI=1S/C18H17FN2O5S/c19-13-3-1-2-12(10-13)11-17(22)20-14-4-6-15(7-5-14)27(24,25)21-16-8-9-26-18(16)23/h1-7,10,16,21H,8-9,11H2,(H,20,22). The van der Waals surface area contributed by atoms with Crippen molar-refractivity contribution in [1.82, 2.24) is 4.72 Å². The van der Waals surface area contributed by atoms with E-state index in [9.17, 15) is 22.4 Å². The van der Waals surface area contributed by atoms with E-state index < -0.39 is 27.9 Å². The van der Waals surface area contributed by atoms with Gasteiger partial charge in [-0.1, -0.05) is 12.1 Å². The Bertz CT molecular complexity index is 960. The lowest BCUT2D eigenvalue weighted by molar-refractivity contribution is -0.139. The minimum atomic E-state index is -3.88. The van der Waals surface area contributed by atoms with Gasteiger partial charge in [0.15, 0.2) is 0 Å². The van der Waals surface area contributed by atoms with Crippen molar-refractivity contribution in [3.05, 3.63) is 59.9 Å². The quantitative estimate of drug-likeness (QED) is 0.727. The first-order chi connectivity index (χ1) is 12.8. The zero-order valence-electron chi connectivity index (χ0n) is 14.1. The van der Waals surface area contributed by atoms with Gasteiger partial charge in [0.1, 0.15) is 11.9 Å². The summed E-state index contributed by atoms with van der Waals surface area (Å²) < 4.78 is 44.8. The first-order valence-electron chi connectivity index (χ1n) is 8.17. The number of esters is 1. The minimum Gasteiger partial charge on any atom is -0.464 e. The molecule has 1 amide bonds. The van der Waals surface area contributed by atoms with Gasteiger partial charge in [-0.15, -0.1) is 0 Å². The van der Waals surface area contributed by atoms with Gasteiger partial charge >= 0.3 is 5.97 Å². The lowest BCUT2D eigenvalue weighted by Gasteiger charge is -2.11. The number of sulfonamides is 1. The molecule has 1 aliphatic heterocycles. The third kappa shape index (κ3) is 4.89. The Labute approximate surface area is 155 Å². The van der Waals surface area contributed by atoms with Gasteiger partial charge in [-0.2, -0.15) is 4.72 Å². The monoisotopic (exact) mass is 392 g/mol. The first kappa shape index (κ1) is 19.0. The highest BCUT2D eigenvalue weighted by Gasteiger charge is 2.31. The maximum Gasteiger partial charge on any atom is 0.324 e. The second-order valence-corrected chi connectivity index (χ2v) is 7.72. The molecule has 7 nitrogen and oxygen atoms in total. The van der Waals surface area contributed by atoms with E-state index in [4.69, 9.17) is 4.74 Å². The van der Waals surface area contributed by atoms with Crippen LogP contribution in [0.2, 0.25) is 0 Å². The first-order valence-corrected chi connectivity index (χ1v) is 9.65. The van der Waals surface area contributed by atoms with Crippen LogP contribution >= 0.6 is 0 Å². The molecule has 1 unspecified atom stereocenters. The van der Waals surface area contributed by atoms with Crippen LogP contribution < -0.4 is 10.0 Å². The number of halogens is 1. The fourth-order valence-corrected chi connectivity index (χ4v) is 3.83. The van der Waals surface area contributed by atoms with Crippen LogP contribution in [0, 0.1) is 5.82 Å². The van der Waals surface area contributed by atoms with Crippen LogP contribution in [0.5, 0.6) is 0 Å². The molecule has 0 spiro atoms. The number of nitrogens with one attached hydrogen (secondary N) is 2. The Balaban J connectivity index is 1.62. The molecule has 1 saturated heterocycles. The molecule has 0 bridgehead atoms. The largest absolute Gasteiger partial charge is 0.464 e. The summed E-state index contributed by atoms with van der Waals surface area (Å²) >= 11 is 0. The average molecular weight is 392 g/mol. The van der Waals surface area contributed by atoms with E-state index in [1.54, 1.807) is 6.07 Å². The fraction of sp³-hybridized carbons (Fsp3) is 0.222. The van der Waals surface area contributed by atoms with Crippen LogP contribution in [0.3, 0.4) is 0 Å². The van der Waals surface area contributed by atoms with E-state index in [1.165, 1.54) is 42.5 Å². The third-order valence-electron chi connectivity index (χ3n) is 3.93. The fourth-order valence-electron chi connectivity index (χ4n) is 2.61. The highest BCUT2D eigenvalue weighted by molar-refractivity contribution is 7.89. The van der Waals surface area contributed by atoms with Gasteiger partial charge in [-0.25, -0.2) is 12.8 Å². The summed E-state index contributed by atoms with van der Waals surface area (Å²) in [6, 6.07) is 10.3. The number of hydrogen-bond donors (Lipinski definition) is 2. The Morgan fingerprint density at radius 2 is 1.93 bits per heavy atom. The number of carbonyl (C=O) groups is 2. The van der Waals surface area contributed by atoms with E-state index in [0.29, 0.717) is 11.3 Å². The molecule has 0 radical (unpaired) electrons. The Morgan fingerprint density at radius 1 is 1.19 bits per heavy atom. The predicted octanol–water partition coefficient (Wildman–Crippen LogP) is 1.60. The molecule has 142 valence electrons. The van der Waals surface area contributed by atoms with Crippen molar-refractivity contribution in [1.29, 1.82) is 0 Å². The molecule has 0 saturated carbocycles. The van der Waals surface area contributed by atoms with Gasteiger partial charge in [0.25, 0.3) is 0 Å². The molecule has 0 aromatic heterocycles. The zero-order chi connectivity index (χ0) is 19.4. The predicted molar refractivity (Wildman–Crippen MR) is 94.9 cm³/mol. The lowest BCUT2D eigenvalue weighted by Crippen LogP contribution is -2.37. The molecule has 1 fully saturated rings. The van der Waals surface area contributed by atoms with E-state index in [-0.39, 0.29) is 30.3 Å². The summed E-state index contributed by atoms with van der Waals surface area (Å²) in [4.78, 5) is 23.4. The number of cyclic esters (lactones) is 1. The molecule has 27 heavy (non-hydrogen) atoms. The van der Waals surface area contributed by atoms with E-state index in [1.807, 2.05) is 0 Å². The summed E-state index contributed by atoms with van der Waals surface area (Å²) in [7, 11) is -3.88. The van der Waals surface area contributed by atoms with Crippen molar-refractivity contribution in [2.45, 2.75) is 23.8 Å². The Kier molecular flexibility index (Phi) is 5.52. The average Bonchev–Trinajstić information content (AvgIpc) is 2.99. The number of anilines is 1. The van der Waals surface area contributed by atoms with Crippen LogP contribution in [0.4, 0.5) is 10.1 Å². The number of ether oxygens (including phenoxy) is 1. The van der Waals surface area contributed by atoms with Crippen LogP contribution in [-0.4, -0.2) is 32.9 Å². The number of hydrogen-bond acceptors (Lipinski definition) is 5. The van der Waals surface area contributed by atoms with Crippen LogP contribution in [-0.2, 0) is 30.8 Å². The second-order valence-electron chi connectivity index (χ2n) is 6.01. The van der Waals surface area contributed by atoms with Crippen LogP contribution in [0.15, 0.2) is 53.4 Å². The molecule has 2 N–H and O–H groups in total. The van der Waals surface area contributed by atoms with Crippen molar-refractivity contribution in [3.8, 4) is 0 Å². The van der Waals surface area contributed by atoms with Crippen LogP contribution in [0.25, 0.3) is 0 Å². The van der Waals surface area contributed by atoms with E-state index >= 15 is 0 Å². The van der Waals surface area contributed by atoms with Crippen molar-refractivity contribution in [2.24, 2.45) is 0 Å². The highest BCUT2D eigenvalue weighted by atomic mass is 32.2. The third-order valence-corrected chi connectivity index (χ3v) is 5.42. The van der Waals surface area contributed by atoms with Gasteiger partial charge in [0.05, 0.1) is 17.9 Å². The van der Waals surface area contributed by atoms with Gasteiger partial charge in [-0.3, -0.25) is 9.59 Å². The summed E-state index contributed by atoms with van der Waals surface area (Å²) in [6.45, 7) is 0.183. The van der Waals surface area contributed by atoms with Gasteiger partial charge in [-0.05, 0) is 42.0 Å². The van der Waals surface area contributed by atoms with Gasteiger partial charge in [0, 0.05) is 12.1 Å². The Morgan fingerprint density at radius 3 is 2.56 bits per heavy atom. The summed E-state index contributed by atoms with van der Waals surface area (Å²) in [5.74, 6) is -1.38. The minimum absolute atomic E-state index is 0.0108. The molecule has 1 atom stereocenters. The number of benzene rings is 2. The topological polar surface area (TPSA) is 102 Å². The normalized spacial score (nSPS) is 16.8. The van der Waals surface area contributed by atoms with E-state index in [2.05, 4.69) is 10.0 Å². The number of amides is 1. The number of carbonyl (C=O) groups excluding carboxylic acids is 2. The van der Waals surface area contributed by atoms with Crippen molar-refractivity contribution >= 4 is 27.6 Å².